The van der Waals surface area contributed by atoms with Gasteiger partial charge in [-0.05, 0) is 24.5 Å². The van der Waals surface area contributed by atoms with Gasteiger partial charge in [0, 0.05) is 58.3 Å². The maximum atomic E-state index is 13.2. The number of carbonyl (C=O) groups is 4. The van der Waals surface area contributed by atoms with E-state index in [-0.39, 0.29) is 18.7 Å². The molecule has 4 heterocycles. The van der Waals surface area contributed by atoms with Gasteiger partial charge in [-0.3, -0.25) is 39.2 Å². The number of piperazine rings is 1. The second-order valence-electron chi connectivity index (χ2n) is 8.75. The molecule has 0 spiro atoms. The minimum Gasteiger partial charge on any atom is -0.314 e. The Balaban J connectivity index is 1.33. The molecule has 164 valence electrons. The molecule has 0 bridgehead atoms. The van der Waals surface area contributed by atoms with Gasteiger partial charge >= 0.3 is 0 Å². The molecule has 31 heavy (non-hydrogen) atoms. The Hall–Kier alpha value is -2.62. The molecular weight excluding hydrogens is 398 g/mol. The van der Waals surface area contributed by atoms with Crippen LogP contribution < -0.4 is 10.6 Å². The van der Waals surface area contributed by atoms with Gasteiger partial charge in [0.25, 0.3) is 11.8 Å². The summed E-state index contributed by atoms with van der Waals surface area (Å²) in [6.45, 7) is 6.68. The van der Waals surface area contributed by atoms with Gasteiger partial charge in [-0.15, -0.1) is 0 Å². The molecule has 4 aliphatic rings. The Morgan fingerprint density at radius 3 is 2.55 bits per heavy atom. The van der Waals surface area contributed by atoms with Gasteiger partial charge in [0.15, 0.2) is 0 Å². The van der Waals surface area contributed by atoms with E-state index in [1.54, 1.807) is 12.1 Å². The van der Waals surface area contributed by atoms with Crippen molar-refractivity contribution in [1.29, 1.82) is 0 Å². The van der Waals surface area contributed by atoms with Crippen LogP contribution in [0.1, 0.15) is 45.5 Å². The lowest BCUT2D eigenvalue weighted by Crippen LogP contribution is -2.54. The Labute approximate surface area is 180 Å². The Kier molecular flexibility index (Phi) is 5.33. The number of carbonyl (C=O) groups excluding carboxylic acids is 4. The summed E-state index contributed by atoms with van der Waals surface area (Å²) in [4.78, 5) is 55.9. The van der Waals surface area contributed by atoms with Crippen LogP contribution in [-0.2, 0) is 16.1 Å². The van der Waals surface area contributed by atoms with E-state index in [2.05, 4.69) is 20.4 Å². The minimum absolute atomic E-state index is 0.123. The highest BCUT2D eigenvalue weighted by Crippen LogP contribution is 2.31. The lowest BCUT2D eigenvalue weighted by atomic mass is 10.0. The van der Waals surface area contributed by atoms with E-state index < -0.39 is 23.8 Å². The quantitative estimate of drug-likeness (QED) is 0.631. The topological polar surface area (TPSA) is 102 Å². The van der Waals surface area contributed by atoms with Gasteiger partial charge in [-0.1, -0.05) is 12.1 Å². The zero-order chi connectivity index (χ0) is 21.5. The van der Waals surface area contributed by atoms with Gasteiger partial charge in [-0.2, -0.15) is 0 Å². The summed E-state index contributed by atoms with van der Waals surface area (Å²) in [7, 11) is 0. The first-order valence-electron chi connectivity index (χ1n) is 11.0. The first-order valence-corrected chi connectivity index (χ1v) is 11.0. The Morgan fingerprint density at radius 1 is 0.968 bits per heavy atom. The number of rotatable bonds is 4. The highest BCUT2D eigenvalue weighted by molar-refractivity contribution is 6.24. The summed E-state index contributed by atoms with van der Waals surface area (Å²) >= 11 is 0. The maximum absolute atomic E-state index is 13.2. The largest absolute Gasteiger partial charge is 0.314 e. The summed E-state index contributed by atoms with van der Waals surface area (Å²) in [5.41, 5.74) is 1.58. The molecule has 1 aromatic rings. The fraction of sp³-hybridized carbons (Fsp3) is 0.545. The number of nitrogens with one attached hydrogen (secondary N) is 2. The molecule has 9 nitrogen and oxygen atoms in total. The van der Waals surface area contributed by atoms with Crippen molar-refractivity contribution in [1.82, 2.24) is 25.3 Å². The SMILES string of the molecule is O=C1CCC(N2C(=O)c3cccc(CN4CCC(N5CCNCC5)C4)c3C2=O)C(=O)N1. The van der Waals surface area contributed by atoms with Crippen molar-refractivity contribution in [2.75, 3.05) is 39.3 Å². The molecule has 3 saturated heterocycles. The molecule has 0 aliphatic carbocycles. The van der Waals surface area contributed by atoms with Gasteiger partial charge in [0.05, 0.1) is 11.1 Å². The van der Waals surface area contributed by atoms with Crippen molar-refractivity contribution < 1.29 is 19.2 Å². The van der Waals surface area contributed by atoms with Crippen LogP contribution in [0.5, 0.6) is 0 Å². The van der Waals surface area contributed by atoms with E-state index in [1.165, 1.54) is 0 Å². The molecule has 4 aliphatic heterocycles. The second-order valence-corrected chi connectivity index (χ2v) is 8.75. The molecule has 3 fully saturated rings. The van der Waals surface area contributed by atoms with Crippen LogP contribution in [0.25, 0.3) is 0 Å². The number of imide groups is 2. The fourth-order valence-corrected chi connectivity index (χ4v) is 5.26. The molecule has 5 rings (SSSR count). The monoisotopic (exact) mass is 425 g/mol. The average Bonchev–Trinajstić information content (AvgIpc) is 3.33. The summed E-state index contributed by atoms with van der Waals surface area (Å²) in [5, 5.41) is 5.63. The van der Waals surface area contributed by atoms with Gasteiger partial charge in [0.2, 0.25) is 11.8 Å². The predicted octanol–water partition coefficient (Wildman–Crippen LogP) is -0.433. The summed E-state index contributed by atoms with van der Waals surface area (Å²) in [6.07, 6.45) is 1.39. The van der Waals surface area contributed by atoms with Crippen molar-refractivity contribution in [3.8, 4) is 0 Å². The zero-order valence-electron chi connectivity index (χ0n) is 17.4. The Morgan fingerprint density at radius 2 is 1.77 bits per heavy atom. The molecule has 2 unspecified atom stereocenters. The van der Waals surface area contributed by atoms with Crippen LogP contribution in [0.3, 0.4) is 0 Å². The average molecular weight is 425 g/mol. The van der Waals surface area contributed by atoms with Crippen LogP contribution >= 0.6 is 0 Å². The minimum atomic E-state index is -0.929. The molecular formula is C22H27N5O4. The van der Waals surface area contributed by atoms with Crippen molar-refractivity contribution >= 4 is 23.6 Å². The van der Waals surface area contributed by atoms with Crippen molar-refractivity contribution in [3.05, 3.63) is 34.9 Å². The highest BCUT2D eigenvalue weighted by atomic mass is 16.2. The lowest BCUT2D eigenvalue weighted by Gasteiger charge is -2.32. The third kappa shape index (κ3) is 3.66. The van der Waals surface area contributed by atoms with E-state index >= 15 is 0 Å². The van der Waals surface area contributed by atoms with Crippen LogP contribution in [-0.4, -0.2) is 89.7 Å². The number of hydrogen-bond acceptors (Lipinski definition) is 7. The third-order valence-electron chi connectivity index (χ3n) is 6.86. The molecule has 1 aromatic carbocycles. The number of amides is 4. The highest BCUT2D eigenvalue weighted by Gasteiger charge is 2.45. The Bertz CT molecular complexity index is 942. The maximum Gasteiger partial charge on any atom is 0.262 e. The first kappa shape index (κ1) is 20.3. The predicted molar refractivity (Wildman–Crippen MR) is 111 cm³/mol. The molecule has 0 saturated carbocycles. The van der Waals surface area contributed by atoms with E-state index in [0.717, 1.165) is 56.2 Å². The van der Waals surface area contributed by atoms with E-state index in [0.29, 0.717) is 23.7 Å². The normalized spacial score (nSPS) is 27.7. The smallest absolute Gasteiger partial charge is 0.262 e. The number of hydrogen-bond donors (Lipinski definition) is 2. The zero-order valence-corrected chi connectivity index (χ0v) is 17.4. The number of nitrogens with zero attached hydrogens (tertiary/aromatic N) is 3. The molecule has 0 radical (unpaired) electrons. The number of likely N-dealkylation sites (tertiary alicyclic amines) is 1. The van der Waals surface area contributed by atoms with Crippen LogP contribution in [0.4, 0.5) is 0 Å². The van der Waals surface area contributed by atoms with Gasteiger partial charge in [0.1, 0.15) is 6.04 Å². The van der Waals surface area contributed by atoms with E-state index in [4.69, 9.17) is 0 Å². The fourth-order valence-electron chi connectivity index (χ4n) is 5.26. The molecule has 2 atom stereocenters. The van der Waals surface area contributed by atoms with Crippen LogP contribution in [0.2, 0.25) is 0 Å². The summed E-state index contributed by atoms with van der Waals surface area (Å²) in [6, 6.07) is 4.95. The van der Waals surface area contributed by atoms with Crippen LogP contribution in [0, 0.1) is 0 Å². The van der Waals surface area contributed by atoms with Crippen molar-refractivity contribution in [2.45, 2.75) is 37.9 Å². The number of fused-ring (bicyclic) bond motifs is 1. The lowest BCUT2D eigenvalue weighted by molar-refractivity contribution is -0.136. The van der Waals surface area contributed by atoms with Gasteiger partial charge < -0.3 is 5.32 Å². The molecule has 9 heteroatoms. The number of piperidine rings is 1. The summed E-state index contributed by atoms with van der Waals surface area (Å²) < 4.78 is 0. The van der Waals surface area contributed by atoms with Crippen molar-refractivity contribution in [2.24, 2.45) is 0 Å². The molecule has 4 amide bonds. The first-order chi connectivity index (χ1) is 15.0. The van der Waals surface area contributed by atoms with Gasteiger partial charge in [-0.25, -0.2) is 0 Å². The third-order valence-corrected chi connectivity index (χ3v) is 6.86. The molecule has 2 N–H and O–H groups in total. The van der Waals surface area contributed by atoms with Crippen LogP contribution in [0.15, 0.2) is 18.2 Å². The van der Waals surface area contributed by atoms with E-state index in [1.807, 2.05) is 6.07 Å². The number of benzene rings is 1. The molecule has 0 aromatic heterocycles. The van der Waals surface area contributed by atoms with Crippen molar-refractivity contribution in [3.63, 3.8) is 0 Å². The standard InChI is InChI=1S/C22H27N5O4/c28-18-5-4-17(20(29)24-18)27-21(30)16-3-1-2-14(19(16)22(27)31)12-25-9-6-15(13-25)26-10-7-23-8-11-26/h1-3,15,17,23H,4-13H2,(H,24,28,29). The van der Waals surface area contributed by atoms with E-state index in [9.17, 15) is 19.2 Å². The summed E-state index contributed by atoms with van der Waals surface area (Å²) in [5.74, 6) is -1.82. The second kappa shape index (κ2) is 8.14.